The predicted molar refractivity (Wildman–Crippen MR) is 44.8 cm³/mol. The molecule has 0 aromatic rings. The number of hydrogen-bond donors (Lipinski definition) is 1. The van der Waals surface area contributed by atoms with Gasteiger partial charge in [0, 0.05) is 5.54 Å². The van der Waals surface area contributed by atoms with E-state index in [2.05, 4.69) is 34.6 Å². The van der Waals surface area contributed by atoms with Crippen LogP contribution in [-0.4, -0.2) is 5.54 Å². The Bertz CT molecular complexity index is 77.3. The van der Waals surface area contributed by atoms with Gasteiger partial charge in [0.05, 0.1) is 0 Å². The molecule has 10 heavy (non-hydrogen) atoms. The normalized spacial score (nSPS) is 12.0. The van der Waals surface area contributed by atoms with E-state index in [1.165, 1.54) is 0 Å². The van der Waals surface area contributed by atoms with Gasteiger partial charge in [0.2, 0.25) is 0 Å². The Morgan fingerprint density at radius 3 is 1.20 bits per heavy atom. The lowest BCUT2D eigenvalue weighted by Gasteiger charge is -2.33. The van der Waals surface area contributed by atoms with E-state index >= 15 is 0 Å². The van der Waals surface area contributed by atoms with Gasteiger partial charge in [0.25, 0.3) is 0 Å². The van der Waals surface area contributed by atoms with Gasteiger partial charge in [-0.1, -0.05) is 27.7 Å². The van der Waals surface area contributed by atoms with Gasteiger partial charge in [-0.15, -0.1) is 0 Å². The minimum atomic E-state index is 0. The smallest absolute Gasteiger partial charge is 0.0172 e. The quantitative estimate of drug-likeness (QED) is 0.639. The molecule has 0 aliphatic carbocycles. The molecule has 2 N–H and O–H groups in total. The number of rotatable bonds is 2. The van der Waals surface area contributed by atoms with Crippen LogP contribution in [0.3, 0.4) is 0 Å². The highest BCUT2D eigenvalue weighted by Crippen LogP contribution is 2.21. The Labute approximate surface area is 63.4 Å². The Hall–Kier alpha value is -0.110. The fourth-order valence-corrected chi connectivity index (χ4v) is 0.667. The highest BCUT2D eigenvalue weighted by Gasteiger charge is 2.26. The van der Waals surface area contributed by atoms with Gasteiger partial charge in [0.15, 0.2) is 0 Å². The Morgan fingerprint density at radius 2 is 1.20 bits per heavy atom. The molecule has 0 radical (unpaired) electrons. The lowest BCUT2D eigenvalue weighted by Crippen LogP contribution is -2.46. The molecule has 0 fully saturated rings. The summed E-state index contributed by atoms with van der Waals surface area (Å²) in [6, 6.07) is 0. The van der Waals surface area contributed by atoms with E-state index in [9.17, 15) is 0 Å². The minimum absolute atomic E-state index is 0. The second kappa shape index (κ2) is 3.91. The van der Waals surface area contributed by atoms with Crippen LogP contribution < -0.4 is 5.73 Å². The number of hydrogen-bond acceptors (Lipinski definition) is 1. The molecule has 0 saturated carbocycles. The predicted octanol–water partition coefficient (Wildman–Crippen LogP) is 2.17. The summed E-state index contributed by atoms with van der Waals surface area (Å²) in [7, 11) is 0. The molecule has 0 aliphatic heterocycles. The van der Waals surface area contributed by atoms with E-state index in [1.54, 1.807) is 0 Å². The molecule has 0 aliphatic rings. The molecule has 2 heteroatoms. The zero-order chi connectivity index (χ0) is 7.65. The molecule has 0 atom stereocenters. The van der Waals surface area contributed by atoms with E-state index in [-0.39, 0.29) is 10.2 Å². The van der Waals surface area contributed by atoms with Crippen molar-refractivity contribution >= 4 is 0 Å². The van der Waals surface area contributed by atoms with Crippen molar-refractivity contribution in [2.45, 2.75) is 40.2 Å². The van der Waals surface area contributed by atoms with Crippen molar-refractivity contribution in [3.05, 3.63) is 0 Å². The molecule has 0 saturated heterocycles. The highest BCUT2D eigenvalue weighted by molar-refractivity contribution is 4.84. The summed E-state index contributed by atoms with van der Waals surface area (Å²) in [4.78, 5) is 0. The molecule has 0 unspecified atom stereocenters. The van der Waals surface area contributed by atoms with Gasteiger partial charge in [-0.3, -0.25) is 4.70 Å². The van der Waals surface area contributed by atoms with Crippen LogP contribution in [0.4, 0.5) is 4.70 Å². The topological polar surface area (TPSA) is 26.0 Å². The van der Waals surface area contributed by atoms with Gasteiger partial charge in [-0.2, -0.15) is 0 Å². The standard InChI is InChI=1S/C8H19N.FH/c1-6(2)8(5,9)7(3)4;/h6-7H,9H2,1-5H3;1H. The lowest BCUT2D eigenvalue weighted by molar-refractivity contribution is 0.250. The van der Waals surface area contributed by atoms with Crippen LogP contribution in [0.1, 0.15) is 34.6 Å². The van der Waals surface area contributed by atoms with E-state index in [1.807, 2.05) is 0 Å². The van der Waals surface area contributed by atoms with Crippen molar-refractivity contribution in [1.29, 1.82) is 0 Å². The largest absolute Gasteiger partial charge is 0.325 e. The monoisotopic (exact) mass is 149 g/mol. The maximum atomic E-state index is 6.00. The molecule has 64 valence electrons. The zero-order valence-corrected chi connectivity index (χ0v) is 7.64. The van der Waals surface area contributed by atoms with Crippen LogP contribution in [0.25, 0.3) is 0 Å². The van der Waals surface area contributed by atoms with Crippen molar-refractivity contribution < 1.29 is 4.70 Å². The van der Waals surface area contributed by atoms with Crippen molar-refractivity contribution in [2.24, 2.45) is 17.6 Å². The average molecular weight is 149 g/mol. The van der Waals surface area contributed by atoms with Crippen LogP contribution >= 0.6 is 0 Å². The fraction of sp³-hybridized carbons (Fsp3) is 1.00. The van der Waals surface area contributed by atoms with Crippen LogP contribution in [0.5, 0.6) is 0 Å². The summed E-state index contributed by atoms with van der Waals surface area (Å²) in [5.41, 5.74) is 6.00. The molecular weight excluding hydrogens is 129 g/mol. The van der Waals surface area contributed by atoms with Gasteiger partial charge >= 0.3 is 0 Å². The average Bonchev–Trinajstić information content (AvgIpc) is 1.65. The minimum Gasteiger partial charge on any atom is -0.325 e. The summed E-state index contributed by atoms with van der Waals surface area (Å²) in [6.07, 6.45) is 0. The van der Waals surface area contributed by atoms with Crippen molar-refractivity contribution in [2.75, 3.05) is 0 Å². The summed E-state index contributed by atoms with van der Waals surface area (Å²) in [6.45, 7) is 10.8. The number of halogens is 1. The van der Waals surface area contributed by atoms with Crippen LogP contribution in [-0.2, 0) is 0 Å². The molecule has 0 amide bonds. The molecular formula is C8H20FN. The van der Waals surface area contributed by atoms with Crippen molar-refractivity contribution in [3.8, 4) is 0 Å². The zero-order valence-electron chi connectivity index (χ0n) is 7.64. The van der Waals surface area contributed by atoms with Gasteiger partial charge in [-0.05, 0) is 18.8 Å². The maximum Gasteiger partial charge on any atom is 0.0172 e. The third-order valence-electron chi connectivity index (χ3n) is 2.49. The molecule has 0 aromatic carbocycles. The van der Waals surface area contributed by atoms with Gasteiger partial charge in [0.1, 0.15) is 0 Å². The van der Waals surface area contributed by atoms with Gasteiger partial charge < -0.3 is 5.73 Å². The van der Waals surface area contributed by atoms with Crippen molar-refractivity contribution in [1.82, 2.24) is 0 Å². The summed E-state index contributed by atoms with van der Waals surface area (Å²) >= 11 is 0. The van der Waals surface area contributed by atoms with Crippen molar-refractivity contribution in [3.63, 3.8) is 0 Å². The van der Waals surface area contributed by atoms with Crippen LogP contribution in [0, 0.1) is 11.8 Å². The Morgan fingerprint density at radius 1 is 1.00 bits per heavy atom. The Balaban J connectivity index is 0. The molecule has 1 nitrogen and oxygen atoms in total. The molecule has 0 rings (SSSR count). The molecule has 0 bridgehead atoms. The fourth-order valence-electron chi connectivity index (χ4n) is 0.667. The van der Waals surface area contributed by atoms with E-state index < -0.39 is 0 Å². The first kappa shape index (κ1) is 12.6. The van der Waals surface area contributed by atoms with Crippen LogP contribution in [0.15, 0.2) is 0 Å². The molecule has 0 aromatic heterocycles. The summed E-state index contributed by atoms with van der Waals surface area (Å²) in [5.74, 6) is 1.13. The maximum absolute atomic E-state index is 6.00. The second-order valence-corrected chi connectivity index (χ2v) is 3.68. The summed E-state index contributed by atoms with van der Waals surface area (Å²) < 4.78 is 0. The van der Waals surface area contributed by atoms with E-state index in [4.69, 9.17) is 5.73 Å². The third kappa shape index (κ3) is 2.65. The van der Waals surface area contributed by atoms with Gasteiger partial charge in [-0.25, -0.2) is 0 Å². The first-order valence-electron chi connectivity index (χ1n) is 3.68. The SMILES string of the molecule is CC(C)C(C)(N)C(C)C.F. The second-order valence-electron chi connectivity index (χ2n) is 3.68. The van der Waals surface area contributed by atoms with E-state index in [0.717, 1.165) is 0 Å². The first-order chi connectivity index (χ1) is 3.89. The first-order valence-corrected chi connectivity index (χ1v) is 3.68. The third-order valence-corrected chi connectivity index (χ3v) is 2.49. The molecule has 0 spiro atoms. The summed E-state index contributed by atoms with van der Waals surface area (Å²) in [5, 5.41) is 0. The number of nitrogens with two attached hydrogens (primary N) is 1. The van der Waals surface area contributed by atoms with Crippen LogP contribution in [0.2, 0.25) is 0 Å². The Kier molecular flexibility index (Phi) is 4.92. The lowest BCUT2D eigenvalue weighted by atomic mass is 9.80. The molecule has 0 heterocycles. The van der Waals surface area contributed by atoms with E-state index in [0.29, 0.717) is 11.8 Å². The highest BCUT2D eigenvalue weighted by atomic mass is 19.0.